The van der Waals surface area contributed by atoms with Gasteiger partial charge >= 0.3 is 0 Å². The molecule has 0 saturated carbocycles. The molecule has 114 valence electrons. The van der Waals surface area contributed by atoms with Crippen molar-refractivity contribution in [3.63, 3.8) is 0 Å². The molecular formula is C18H25NO2. The van der Waals surface area contributed by atoms with Crippen LogP contribution in [0.1, 0.15) is 55.5 Å². The topological polar surface area (TPSA) is 49.3 Å². The second-order valence-corrected chi connectivity index (χ2v) is 5.16. The monoisotopic (exact) mass is 287 g/mol. The molecule has 1 aromatic carbocycles. The first-order valence-electron chi connectivity index (χ1n) is 7.69. The second-order valence-electron chi connectivity index (χ2n) is 5.16. The van der Waals surface area contributed by atoms with Crippen LogP contribution in [0.15, 0.2) is 24.3 Å². The summed E-state index contributed by atoms with van der Waals surface area (Å²) in [5.41, 5.74) is 1.45. The molecule has 3 nitrogen and oxygen atoms in total. The van der Waals surface area contributed by atoms with Crippen LogP contribution in [-0.4, -0.2) is 24.2 Å². The van der Waals surface area contributed by atoms with Crippen LogP contribution in [0.25, 0.3) is 0 Å². The fourth-order valence-corrected chi connectivity index (χ4v) is 2.13. The van der Waals surface area contributed by atoms with E-state index in [-0.39, 0.29) is 12.5 Å². The highest BCUT2D eigenvalue weighted by molar-refractivity contribution is 5.94. The van der Waals surface area contributed by atoms with E-state index < -0.39 is 0 Å². The molecule has 1 unspecified atom stereocenters. The summed E-state index contributed by atoms with van der Waals surface area (Å²) in [7, 11) is 0. The third-order valence-electron chi connectivity index (χ3n) is 3.55. The average Bonchev–Trinajstić information content (AvgIpc) is 2.53. The highest BCUT2D eigenvalue weighted by atomic mass is 16.2. The van der Waals surface area contributed by atoms with Crippen LogP contribution >= 0.6 is 0 Å². The maximum Gasteiger partial charge on any atom is 0.251 e. The van der Waals surface area contributed by atoms with Crippen LogP contribution in [0.5, 0.6) is 0 Å². The number of unbranched alkanes of at least 4 members (excludes halogenated alkanes) is 1. The number of rotatable bonds is 7. The zero-order valence-electron chi connectivity index (χ0n) is 13.0. The minimum atomic E-state index is -0.154. The number of aliphatic hydroxyl groups is 1. The summed E-state index contributed by atoms with van der Waals surface area (Å²) in [6.07, 6.45) is 4.67. The molecule has 0 aromatic heterocycles. The van der Waals surface area contributed by atoms with Crippen molar-refractivity contribution in [2.75, 3.05) is 13.2 Å². The van der Waals surface area contributed by atoms with Crippen LogP contribution in [0.3, 0.4) is 0 Å². The van der Waals surface area contributed by atoms with Crippen molar-refractivity contribution < 1.29 is 9.90 Å². The Morgan fingerprint density at radius 3 is 2.57 bits per heavy atom. The number of amides is 1. The van der Waals surface area contributed by atoms with Gasteiger partial charge in [0.25, 0.3) is 5.91 Å². The van der Waals surface area contributed by atoms with E-state index in [1.807, 2.05) is 0 Å². The summed E-state index contributed by atoms with van der Waals surface area (Å²) in [6.45, 7) is 4.94. The Kier molecular flexibility index (Phi) is 8.23. The lowest BCUT2D eigenvalue weighted by atomic mass is 9.99. The largest absolute Gasteiger partial charge is 0.384 e. The minimum Gasteiger partial charge on any atom is -0.384 e. The number of benzene rings is 1. The lowest BCUT2D eigenvalue weighted by Gasteiger charge is -2.15. The molecular weight excluding hydrogens is 262 g/mol. The predicted octanol–water partition coefficient (Wildman–Crippen LogP) is 2.98. The van der Waals surface area contributed by atoms with Gasteiger partial charge in [0, 0.05) is 17.7 Å². The standard InChI is InChI=1S/C18H25NO2/c1-3-5-7-15(4-2)14-19-18(21)17-11-9-16(10-12-17)8-6-13-20/h9-12,15,20H,3-5,7,13-14H2,1-2H3,(H,19,21). The molecule has 0 spiro atoms. The first-order valence-corrected chi connectivity index (χ1v) is 7.69. The highest BCUT2D eigenvalue weighted by Crippen LogP contribution is 2.11. The molecule has 3 heteroatoms. The SMILES string of the molecule is CCCCC(CC)CNC(=O)c1ccc(C#CCO)cc1. The van der Waals surface area contributed by atoms with Gasteiger partial charge in [0.15, 0.2) is 0 Å². The Hall–Kier alpha value is -1.79. The van der Waals surface area contributed by atoms with Crippen LogP contribution < -0.4 is 5.32 Å². The molecule has 1 rings (SSSR count). The van der Waals surface area contributed by atoms with Gasteiger partial charge < -0.3 is 10.4 Å². The lowest BCUT2D eigenvalue weighted by Crippen LogP contribution is -2.29. The fourth-order valence-electron chi connectivity index (χ4n) is 2.13. The molecule has 2 N–H and O–H groups in total. The van der Waals surface area contributed by atoms with E-state index in [1.165, 1.54) is 19.3 Å². The van der Waals surface area contributed by atoms with Crippen LogP contribution in [0.4, 0.5) is 0 Å². The smallest absolute Gasteiger partial charge is 0.251 e. The van der Waals surface area contributed by atoms with E-state index in [0.717, 1.165) is 18.5 Å². The minimum absolute atomic E-state index is 0.0355. The number of hydrogen-bond donors (Lipinski definition) is 2. The number of hydrogen-bond acceptors (Lipinski definition) is 2. The first-order chi connectivity index (χ1) is 10.2. The maximum atomic E-state index is 12.1. The summed E-state index contributed by atoms with van der Waals surface area (Å²) < 4.78 is 0. The highest BCUT2D eigenvalue weighted by Gasteiger charge is 2.09. The lowest BCUT2D eigenvalue weighted by molar-refractivity contribution is 0.0946. The third-order valence-corrected chi connectivity index (χ3v) is 3.55. The number of aliphatic hydroxyl groups excluding tert-OH is 1. The van der Waals surface area contributed by atoms with Crippen molar-refractivity contribution in [3.8, 4) is 11.8 Å². The summed E-state index contributed by atoms with van der Waals surface area (Å²) in [4.78, 5) is 12.1. The Balaban J connectivity index is 2.51. The molecule has 1 amide bonds. The summed E-state index contributed by atoms with van der Waals surface area (Å²) in [6, 6.07) is 7.13. The normalized spacial score (nSPS) is 11.4. The van der Waals surface area contributed by atoms with Crippen LogP contribution in [0, 0.1) is 17.8 Å². The summed E-state index contributed by atoms with van der Waals surface area (Å²) >= 11 is 0. The zero-order chi connectivity index (χ0) is 15.5. The summed E-state index contributed by atoms with van der Waals surface area (Å²) in [5.74, 6) is 5.92. The Morgan fingerprint density at radius 1 is 1.29 bits per heavy atom. The molecule has 0 aliphatic carbocycles. The van der Waals surface area contributed by atoms with Gasteiger partial charge in [0.1, 0.15) is 6.61 Å². The predicted molar refractivity (Wildman–Crippen MR) is 86.0 cm³/mol. The van der Waals surface area contributed by atoms with E-state index in [9.17, 15) is 4.79 Å². The molecule has 0 heterocycles. The quantitative estimate of drug-likeness (QED) is 0.757. The first kappa shape index (κ1) is 17.3. The van der Waals surface area contributed by atoms with Crippen molar-refractivity contribution in [2.45, 2.75) is 39.5 Å². The van der Waals surface area contributed by atoms with Gasteiger partial charge in [0.2, 0.25) is 0 Å². The zero-order valence-corrected chi connectivity index (χ0v) is 13.0. The molecule has 0 aliphatic rings. The molecule has 0 bridgehead atoms. The van der Waals surface area contributed by atoms with E-state index in [2.05, 4.69) is 31.0 Å². The summed E-state index contributed by atoms with van der Waals surface area (Å²) in [5, 5.41) is 11.6. The van der Waals surface area contributed by atoms with E-state index >= 15 is 0 Å². The Labute approximate surface area is 127 Å². The number of carbonyl (C=O) groups excluding carboxylic acids is 1. The average molecular weight is 287 g/mol. The third kappa shape index (κ3) is 6.46. The van der Waals surface area contributed by atoms with Gasteiger partial charge in [-0.05, 0) is 36.6 Å². The van der Waals surface area contributed by atoms with E-state index in [0.29, 0.717) is 11.5 Å². The van der Waals surface area contributed by atoms with E-state index in [1.54, 1.807) is 24.3 Å². The van der Waals surface area contributed by atoms with Gasteiger partial charge in [0.05, 0.1) is 0 Å². The Bertz CT molecular complexity index is 482. The van der Waals surface area contributed by atoms with Gasteiger partial charge in [-0.2, -0.15) is 0 Å². The fraction of sp³-hybridized carbons (Fsp3) is 0.500. The van der Waals surface area contributed by atoms with Crippen molar-refractivity contribution in [1.82, 2.24) is 5.32 Å². The van der Waals surface area contributed by atoms with Crippen molar-refractivity contribution in [3.05, 3.63) is 35.4 Å². The molecule has 0 aliphatic heterocycles. The molecule has 21 heavy (non-hydrogen) atoms. The van der Waals surface area contributed by atoms with Crippen molar-refractivity contribution >= 4 is 5.91 Å². The molecule has 1 aromatic rings. The van der Waals surface area contributed by atoms with Gasteiger partial charge in [-0.1, -0.05) is 45.0 Å². The molecule has 0 radical (unpaired) electrons. The van der Waals surface area contributed by atoms with E-state index in [4.69, 9.17) is 5.11 Å². The van der Waals surface area contributed by atoms with Gasteiger partial charge in [-0.3, -0.25) is 4.79 Å². The van der Waals surface area contributed by atoms with Crippen LogP contribution in [0.2, 0.25) is 0 Å². The molecule has 0 saturated heterocycles. The maximum absolute atomic E-state index is 12.1. The van der Waals surface area contributed by atoms with Gasteiger partial charge in [-0.15, -0.1) is 0 Å². The number of carbonyl (C=O) groups is 1. The van der Waals surface area contributed by atoms with Crippen molar-refractivity contribution in [1.29, 1.82) is 0 Å². The molecule has 0 fully saturated rings. The Morgan fingerprint density at radius 2 is 2.00 bits per heavy atom. The van der Waals surface area contributed by atoms with Gasteiger partial charge in [-0.25, -0.2) is 0 Å². The van der Waals surface area contributed by atoms with Crippen molar-refractivity contribution in [2.24, 2.45) is 5.92 Å². The number of nitrogens with one attached hydrogen (secondary N) is 1. The van der Waals surface area contributed by atoms with Crippen LogP contribution in [-0.2, 0) is 0 Å². The second kappa shape index (κ2) is 10.0. The molecule has 1 atom stereocenters.